The van der Waals surface area contributed by atoms with E-state index < -0.39 is 0 Å². The first-order chi connectivity index (χ1) is 34.7. The van der Waals surface area contributed by atoms with Gasteiger partial charge in [-0.2, -0.15) is 0 Å². The maximum Gasteiger partial charge on any atom is 0.0547 e. The zero-order valence-electron chi connectivity index (χ0n) is 38.2. The van der Waals surface area contributed by atoms with Crippen molar-refractivity contribution in [3.05, 3.63) is 267 Å². The largest absolute Gasteiger partial charge is 0.311 e. The van der Waals surface area contributed by atoms with Crippen LogP contribution in [0.25, 0.3) is 105 Å². The molecule has 0 aliphatic heterocycles. The quantitative estimate of drug-likeness (QED) is 0.149. The highest BCUT2D eigenvalue weighted by Gasteiger charge is 2.19. The zero-order chi connectivity index (χ0) is 46.1. The molecule has 0 radical (unpaired) electrons. The summed E-state index contributed by atoms with van der Waals surface area (Å²) < 4.78 is 7.15. The average Bonchev–Trinajstić information content (AvgIpc) is 4.07. The first-order valence-electron chi connectivity index (χ1n) is 24.0. The molecule has 0 amide bonds. The summed E-state index contributed by atoms with van der Waals surface area (Å²) in [4.78, 5) is 2.37. The lowest BCUT2D eigenvalue weighted by Crippen LogP contribution is -2.10. The third-order valence-electron chi connectivity index (χ3n) is 14.2. The molecule has 0 saturated heterocycles. The van der Waals surface area contributed by atoms with Crippen LogP contribution in [0.1, 0.15) is 0 Å². The number of rotatable bonds is 8. The van der Waals surface area contributed by atoms with Gasteiger partial charge in [0.1, 0.15) is 0 Å². The lowest BCUT2D eigenvalue weighted by Gasteiger charge is -2.26. The molecule has 4 heteroatoms. The smallest absolute Gasteiger partial charge is 0.0547 e. The van der Waals surface area contributed by atoms with Crippen molar-refractivity contribution >= 4 is 82.5 Å². The van der Waals surface area contributed by atoms with Crippen LogP contribution >= 0.6 is 0 Å². The minimum atomic E-state index is 1.08. The molecule has 0 spiro atoms. The Balaban J connectivity index is 0.871. The fourth-order valence-corrected chi connectivity index (χ4v) is 11.0. The van der Waals surface area contributed by atoms with Crippen molar-refractivity contribution in [3.63, 3.8) is 0 Å². The van der Waals surface area contributed by atoms with E-state index in [9.17, 15) is 0 Å². The monoisotopic (exact) mass is 892 g/mol. The van der Waals surface area contributed by atoms with Gasteiger partial charge in [0.25, 0.3) is 0 Å². The van der Waals surface area contributed by atoms with Gasteiger partial charge in [0.05, 0.1) is 33.1 Å². The third-order valence-corrected chi connectivity index (χ3v) is 14.2. The summed E-state index contributed by atoms with van der Waals surface area (Å²) in [6, 6.07) is 97.1. The van der Waals surface area contributed by atoms with E-state index in [1.807, 2.05) is 0 Å². The fraction of sp³-hybridized carbons (Fsp3) is 0. The molecule has 70 heavy (non-hydrogen) atoms. The van der Waals surface area contributed by atoms with Crippen molar-refractivity contribution in [1.82, 2.24) is 13.7 Å². The third kappa shape index (κ3) is 6.38. The number of aromatic nitrogens is 3. The molecule has 328 valence electrons. The van der Waals surface area contributed by atoms with Gasteiger partial charge in [-0.1, -0.05) is 158 Å². The molecule has 14 aromatic rings. The van der Waals surface area contributed by atoms with Gasteiger partial charge in [0.2, 0.25) is 0 Å². The summed E-state index contributed by atoms with van der Waals surface area (Å²) in [6.45, 7) is 0. The average molecular weight is 893 g/mol. The predicted octanol–water partition coefficient (Wildman–Crippen LogP) is 17.8. The van der Waals surface area contributed by atoms with Crippen molar-refractivity contribution in [2.45, 2.75) is 0 Å². The molecule has 0 atom stereocenters. The van der Waals surface area contributed by atoms with E-state index in [0.717, 1.165) is 45.3 Å². The van der Waals surface area contributed by atoms with Gasteiger partial charge in [-0.25, -0.2) is 0 Å². The van der Waals surface area contributed by atoms with Crippen molar-refractivity contribution in [3.8, 4) is 39.3 Å². The summed E-state index contributed by atoms with van der Waals surface area (Å²) >= 11 is 0. The van der Waals surface area contributed by atoms with Crippen LogP contribution in [0.2, 0.25) is 0 Å². The van der Waals surface area contributed by atoms with Gasteiger partial charge in [0.15, 0.2) is 0 Å². The second-order valence-corrected chi connectivity index (χ2v) is 18.2. The van der Waals surface area contributed by atoms with E-state index in [4.69, 9.17) is 0 Å². The number of hydrogen-bond donors (Lipinski definition) is 0. The van der Waals surface area contributed by atoms with Gasteiger partial charge >= 0.3 is 0 Å². The maximum absolute atomic E-state index is 2.39. The van der Waals surface area contributed by atoms with Crippen LogP contribution in [0.3, 0.4) is 0 Å². The lowest BCUT2D eigenvalue weighted by atomic mass is 10.0. The van der Waals surface area contributed by atoms with Gasteiger partial charge < -0.3 is 18.6 Å². The normalized spacial score (nSPS) is 11.7. The van der Waals surface area contributed by atoms with Gasteiger partial charge in [-0.05, 0) is 131 Å². The predicted molar refractivity (Wildman–Crippen MR) is 295 cm³/mol. The summed E-state index contributed by atoms with van der Waals surface area (Å²) in [7, 11) is 0. The van der Waals surface area contributed by atoms with E-state index in [1.165, 1.54) is 76.5 Å². The molecule has 0 aliphatic carbocycles. The molecular formula is C66H44N4. The van der Waals surface area contributed by atoms with Crippen LogP contribution in [-0.2, 0) is 0 Å². The molecule has 0 N–H and O–H groups in total. The molecule has 3 heterocycles. The Bertz CT molecular complexity index is 4000. The number of hydrogen-bond acceptors (Lipinski definition) is 1. The SMILES string of the molecule is c1ccc(-n2c3ccccc3c3ccc(-c4ccc(N(c5ccc(-c6ccc7c8ccccc8n(-c8ccccc8)c7c6)cc5)c5ccc(-n6c7ccccc7c7ccccc76)cc5)cc4)cc32)cc1. The highest BCUT2D eigenvalue weighted by molar-refractivity contribution is 6.12. The highest BCUT2D eigenvalue weighted by Crippen LogP contribution is 2.41. The van der Waals surface area contributed by atoms with E-state index in [-0.39, 0.29) is 0 Å². The molecule has 0 fully saturated rings. The van der Waals surface area contributed by atoms with E-state index in [0.29, 0.717) is 0 Å². The number of benzene rings is 11. The minimum Gasteiger partial charge on any atom is -0.311 e. The first-order valence-corrected chi connectivity index (χ1v) is 24.0. The second kappa shape index (κ2) is 16.2. The Morgan fingerprint density at radius 3 is 0.843 bits per heavy atom. The summed E-state index contributed by atoms with van der Waals surface area (Å²) in [5.41, 5.74) is 18.5. The molecule has 0 saturated carbocycles. The van der Waals surface area contributed by atoms with E-state index >= 15 is 0 Å². The Morgan fingerprint density at radius 1 is 0.200 bits per heavy atom. The van der Waals surface area contributed by atoms with Crippen LogP contribution in [0, 0.1) is 0 Å². The number of nitrogens with zero attached hydrogens (tertiary/aromatic N) is 4. The number of anilines is 3. The number of para-hydroxylation sites is 6. The van der Waals surface area contributed by atoms with Crippen LogP contribution in [0.5, 0.6) is 0 Å². The minimum absolute atomic E-state index is 1.08. The van der Waals surface area contributed by atoms with Crippen LogP contribution in [0.15, 0.2) is 267 Å². The lowest BCUT2D eigenvalue weighted by molar-refractivity contribution is 1.17. The zero-order valence-corrected chi connectivity index (χ0v) is 38.2. The van der Waals surface area contributed by atoms with Gasteiger partial charge in [0, 0.05) is 66.4 Å². The molecule has 14 rings (SSSR count). The molecule has 4 nitrogen and oxygen atoms in total. The Kier molecular flexibility index (Phi) is 9.17. The molecule has 0 bridgehead atoms. The van der Waals surface area contributed by atoms with Gasteiger partial charge in [-0.3, -0.25) is 0 Å². The molecular weight excluding hydrogens is 849 g/mol. The molecule has 3 aromatic heterocycles. The van der Waals surface area contributed by atoms with E-state index in [2.05, 4.69) is 286 Å². The van der Waals surface area contributed by atoms with E-state index in [1.54, 1.807) is 0 Å². The first kappa shape index (κ1) is 39.8. The topological polar surface area (TPSA) is 18.0 Å². The Hall–Kier alpha value is -9.38. The Labute approximate surface area is 405 Å². The van der Waals surface area contributed by atoms with Crippen molar-refractivity contribution in [2.75, 3.05) is 4.90 Å². The maximum atomic E-state index is 2.39. The van der Waals surface area contributed by atoms with Gasteiger partial charge in [-0.15, -0.1) is 0 Å². The van der Waals surface area contributed by atoms with Crippen LogP contribution < -0.4 is 4.90 Å². The summed E-state index contributed by atoms with van der Waals surface area (Å²) in [6.07, 6.45) is 0. The molecule has 0 aliphatic rings. The highest BCUT2D eigenvalue weighted by atomic mass is 15.1. The van der Waals surface area contributed by atoms with Crippen LogP contribution in [0.4, 0.5) is 17.1 Å². The molecule has 11 aromatic carbocycles. The fourth-order valence-electron chi connectivity index (χ4n) is 11.0. The molecule has 0 unspecified atom stereocenters. The summed E-state index contributed by atoms with van der Waals surface area (Å²) in [5, 5.41) is 7.51. The standard InChI is InChI=1S/C66H44N4/c1-3-15-49(16-4-1)69-63-25-13-9-21-57(63)59-41-31-47(43-65(59)69)45-27-33-51(34-28-45)67(53-37-39-54(40-38-53)68-61-23-11-7-19-55(61)56-20-8-12-24-62(56)68)52-35-29-46(30-36-52)48-32-42-60-58-22-10-14-26-64(58)70(66(60)44-48)50-17-5-2-6-18-50/h1-44H. The van der Waals surface area contributed by atoms with Crippen molar-refractivity contribution in [1.29, 1.82) is 0 Å². The Morgan fingerprint density at radius 2 is 0.471 bits per heavy atom. The number of fused-ring (bicyclic) bond motifs is 9. The summed E-state index contributed by atoms with van der Waals surface area (Å²) in [5.74, 6) is 0. The van der Waals surface area contributed by atoms with Crippen LogP contribution in [-0.4, -0.2) is 13.7 Å². The van der Waals surface area contributed by atoms with Crippen molar-refractivity contribution in [2.24, 2.45) is 0 Å². The second-order valence-electron chi connectivity index (χ2n) is 18.2. The van der Waals surface area contributed by atoms with Crippen molar-refractivity contribution < 1.29 is 0 Å².